The summed E-state index contributed by atoms with van der Waals surface area (Å²) in [6.07, 6.45) is -0.0654. The molecule has 0 bridgehead atoms. The van der Waals surface area contributed by atoms with Crippen molar-refractivity contribution in [3.05, 3.63) is 22.2 Å². The molecule has 0 spiro atoms. The fourth-order valence-electron chi connectivity index (χ4n) is 6.99. The Kier molecular flexibility index (Phi) is 6.02. The van der Waals surface area contributed by atoms with E-state index in [0.717, 1.165) is 6.92 Å². The Labute approximate surface area is 209 Å². The molecule has 4 rings (SSSR count). The lowest BCUT2D eigenvalue weighted by Gasteiger charge is -2.64. The van der Waals surface area contributed by atoms with E-state index in [2.05, 4.69) is 15.9 Å². The summed E-state index contributed by atoms with van der Waals surface area (Å²) in [6.45, 7) is 3.85. The second-order valence-corrected chi connectivity index (χ2v) is 12.2. The number of alkyl halides is 3. The van der Waals surface area contributed by atoms with Crippen LogP contribution in [0.25, 0.3) is 0 Å². The van der Waals surface area contributed by atoms with E-state index in [9.17, 15) is 24.6 Å². The van der Waals surface area contributed by atoms with Gasteiger partial charge in [0.25, 0.3) is 0 Å². The third kappa shape index (κ3) is 3.13. The molecule has 4 aliphatic carbocycles. The van der Waals surface area contributed by atoms with Gasteiger partial charge in [-0.05, 0) is 58.7 Å². The highest BCUT2D eigenvalue weighted by molar-refractivity contribution is 9.12. The maximum atomic E-state index is 15.6. The zero-order chi connectivity index (χ0) is 24.7. The molecule has 0 unspecified atom stereocenters. The van der Waals surface area contributed by atoms with Gasteiger partial charge in [-0.2, -0.15) is 0 Å². The number of ketones is 2. The van der Waals surface area contributed by atoms with Gasteiger partial charge in [-0.25, -0.2) is 4.39 Å². The van der Waals surface area contributed by atoms with Crippen molar-refractivity contribution in [3.8, 4) is 0 Å². The lowest BCUT2D eigenvalue weighted by Crippen LogP contribution is -2.69. The van der Waals surface area contributed by atoms with Gasteiger partial charge in [0.15, 0.2) is 18.0 Å². The van der Waals surface area contributed by atoms with E-state index >= 15 is 4.39 Å². The first-order valence-electron chi connectivity index (χ1n) is 10.8. The molecule has 0 aromatic heterocycles. The highest BCUT2D eigenvalue weighted by Crippen LogP contribution is 2.71. The van der Waals surface area contributed by atoms with E-state index in [4.69, 9.17) is 27.9 Å². The number of fused-ring (bicyclic) bond motifs is 5. The molecule has 3 saturated carbocycles. The van der Waals surface area contributed by atoms with Crippen LogP contribution in [0.4, 0.5) is 4.39 Å². The molecule has 0 aliphatic heterocycles. The highest BCUT2D eigenvalue weighted by atomic mass is 79.9. The molecule has 6 nitrogen and oxygen atoms in total. The number of allylic oxidation sites excluding steroid dienone is 4. The third-order valence-electron chi connectivity index (χ3n) is 8.70. The first kappa shape index (κ1) is 25.3. The topological polar surface area (TPSA) is 101 Å². The van der Waals surface area contributed by atoms with E-state index < -0.39 is 69.2 Å². The molecule has 0 radical (unpaired) electrons. The van der Waals surface area contributed by atoms with E-state index in [1.807, 2.05) is 0 Å². The zero-order valence-electron chi connectivity index (χ0n) is 18.4. The zero-order valence-corrected chi connectivity index (χ0v) is 21.5. The first-order valence-corrected chi connectivity index (χ1v) is 12.4. The fraction of sp³-hybridized carbons (Fsp3) is 0.696. The molecule has 0 amide bonds. The summed E-state index contributed by atoms with van der Waals surface area (Å²) in [4.78, 5) is 35.3. The molecular weight excluding hydrogens is 542 g/mol. The first-order chi connectivity index (χ1) is 15.1. The Hall–Kier alpha value is -0.800. The minimum atomic E-state index is -2.24. The number of rotatable bonds is 3. The van der Waals surface area contributed by atoms with Crippen LogP contribution in [0.2, 0.25) is 0 Å². The normalized spacial score (nSPS) is 48.8. The highest BCUT2D eigenvalue weighted by Gasteiger charge is 2.76. The van der Waals surface area contributed by atoms with Gasteiger partial charge in [0.2, 0.25) is 5.78 Å². The number of halogens is 4. The largest absolute Gasteiger partial charge is 0.458 e. The molecule has 0 aromatic carbocycles. The minimum Gasteiger partial charge on any atom is -0.458 e. The number of ether oxygens (including phenoxy) is 1. The molecule has 0 aromatic rings. The van der Waals surface area contributed by atoms with Crippen LogP contribution < -0.4 is 0 Å². The summed E-state index contributed by atoms with van der Waals surface area (Å²) in [5.41, 5.74) is -4.32. The molecule has 3 fully saturated rings. The molecule has 4 aliphatic rings. The lowest BCUT2D eigenvalue weighted by atomic mass is 9.46. The van der Waals surface area contributed by atoms with E-state index in [-0.39, 0.29) is 35.1 Å². The maximum Gasteiger partial charge on any atom is 0.303 e. The average Bonchev–Trinajstić information content (AvgIpc) is 2.92. The molecule has 2 N–H and O–H groups in total. The van der Waals surface area contributed by atoms with Gasteiger partial charge in [0.1, 0.15) is 6.17 Å². The second kappa shape index (κ2) is 7.85. The van der Waals surface area contributed by atoms with Crippen molar-refractivity contribution in [1.82, 2.24) is 0 Å². The van der Waals surface area contributed by atoms with Gasteiger partial charge in [-0.15, -0.1) is 23.2 Å². The quantitative estimate of drug-likeness (QED) is 0.400. The van der Waals surface area contributed by atoms with Gasteiger partial charge < -0.3 is 14.9 Å². The van der Waals surface area contributed by atoms with Crippen molar-refractivity contribution in [2.75, 3.05) is 6.61 Å². The Morgan fingerprint density at radius 3 is 2.55 bits per heavy atom. The Balaban J connectivity index is 1.81. The summed E-state index contributed by atoms with van der Waals surface area (Å²) in [7, 11) is 0. The Morgan fingerprint density at radius 2 is 1.94 bits per heavy atom. The summed E-state index contributed by atoms with van der Waals surface area (Å²) < 4.78 is 20.6. The molecular formula is C23H26BrCl2FO6. The SMILES string of the molecule is CC(=O)OCC(=O)[C@@]1(O)[C@H](O)C[C@H]2[C@@H]3C[C@@H](F)C4=CC(=O)C(Br)=C[C@]4(C)[C@@]3(Cl)[C@@H](Cl)C[C@@]21C. The number of carbonyl (C=O) groups excluding carboxylic acids is 3. The summed E-state index contributed by atoms with van der Waals surface area (Å²) in [5, 5.41) is 21.6. The fourth-order valence-corrected chi connectivity index (χ4v) is 8.75. The molecule has 182 valence electrons. The van der Waals surface area contributed by atoms with Crippen molar-refractivity contribution < 1.29 is 33.7 Å². The van der Waals surface area contributed by atoms with Crippen LogP contribution in [0.3, 0.4) is 0 Å². The van der Waals surface area contributed by atoms with Crippen molar-refractivity contribution >= 4 is 56.7 Å². The number of aliphatic hydroxyl groups excluding tert-OH is 1. The van der Waals surface area contributed by atoms with Crippen molar-refractivity contribution in [3.63, 3.8) is 0 Å². The van der Waals surface area contributed by atoms with Gasteiger partial charge in [0, 0.05) is 17.8 Å². The molecule has 10 heteroatoms. The molecule has 0 heterocycles. The number of hydrogen-bond donors (Lipinski definition) is 2. The van der Waals surface area contributed by atoms with Crippen molar-refractivity contribution in [2.45, 2.75) is 68.2 Å². The maximum absolute atomic E-state index is 15.6. The number of aliphatic hydroxyl groups is 2. The predicted molar refractivity (Wildman–Crippen MR) is 123 cm³/mol. The number of esters is 1. The average molecular weight is 568 g/mol. The van der Waals surface area contributed by atoms with Crippen LogP contribution in [0.15, 0.2) is 22.2 Å². The lowest BCUT2D eigenvalue weighted by molar-refractivity contribution is -0.179. The molecule has 33 heavy (non-hydrogen) atoms. The minimum absolute atomic E-state index is 0.00716. The number of hydrogen-bond acceptors (Lipinski definition) is 6. The molecule has 0 saturated heterocycles. The van der Waals surface area contributed by atoms with E-state index in [0.29, 0.717) is 0 Å². The van der Waals surface area contributed by atoms with Crippen molar-refractivity contribution in [1.29, 1.82) is 0 Å². The summed E-state index contributed by atoms with van der Waals surface area (Å²) in [6, 6.07) is 0. The summed E-state index contributed by atoms with van der Waals surface area (Å²) in [5.74, 6) is -3.03. The Morgan fingerprint density at radius 1 is 1.30 bits per heavy atom. The standard InChI is InChI=1S/C23H26BrCl2FO6/c1-10(28)33-9-19(31)23(32)18(30)6-11-12-4-15(27)13-5-16(29)14(24)7-20(13,2)22(12,26)17(25)8-21(11,23)3/h5,7,11-12,15,17-18,30,32H,4,6,8-9H2,1-3H3/t11-,12-,15+,17-,18+,20-,21-,22-,23-/m0/s1. The summed E-state index contributed by atoms with van der Waals surface area (Å²) >= 11 is 17.5. The third-order valence-corrected chi connectivity index (χ3v) is 10.9. The van der Waals surface area contributed by atoms with Crippen molar-refractivity contribution in [2.24, 2.45) is 22.7 Å². The number of Topliss-reactive ketones (excluding diaryl/α,β-unsaturated/α-hetero) is 1. The van der Waals surface area contributed by atoms with Crippen LogP contribution >= 0.6 is 39.1 Å². The van der Waals surface area contributed by atoms with E-state index in [1.165, 1.54) is 6.08 Å². The van der Waals surface area contributed by atoms with Crippen LogP contribution in [0.5, 0.6) is 0 Å². The van der Waals surface area contributed by atoms with Crippen LogP contribution in [0.1, 0.15) is 40.0 Å². The predicted octanol–water partition coefficient (Wildman–Crippen LogP) is 3.38. The van der Waals surface area contributed by atoms with Crippen LogP contribution in [-0.4, -0.2) is 62.5 Å². The monoisotopic (exact) mass is 566 g/mol. The Bertz CT molecular complexity index is 1000. The smallest absolute Gasteiger partial charge is 0.303 e. The number of carbonyl (C=O) groups is 3. The van der Waals surface area contributed by atoms with E-state index in [1.54, 1.807) is 19.9 Å². The molecule has 9 atom stereocenters. The van der Waals surface area contributed by atoms with Crippen LogP contribution in [0, 0.1) is 22.7 Å². The van der Waals surface area contributed by atoms with Gasteiger partial charge >= 0.3 is 5.97 Å². The van der Waals surface area contributed by atoms with Gasteiger partial charge in [-0.1, -0.05) is 19.9 Å². The van der Waals surface area contributed by atoms with Gasteiger partial charge in [-0.3, -0.25) is 14.4 Å². The van der Waals surface area contributed by atoms with Gasteiger partial charge in [0.05, 0.1) is 20.8 Å². The second-order valence-electron chi connectivity index (χ2n) is 10.2. The van der Waals surface area contributed by atoms with Crippen LogP contribution in [-0.2, 0) is 19.1 Å².